The Bertz CT molecular complexity index is 1280. The van der Waals surface area contributed by atoms with Crippen molar-refractivity contribution in [3.05, 3.63) is 133 Å². The van der Waals surface area contributed by atoms with Crippen LogP contribution in [0.2, 0.25) is 0 Å². The second-order valence-electron chi connectivity index (χ2n) is 9.10. The van der Waals surface area contributed by atoms with Crippen LogP contribution in [0.25, 0.3) is 11.3 Å². The molecule has 0 aromatic heterocycles. The minimum absolute atomic E-state index is 0.593. The molecule has 0 aliphatic rings. The van der Waals surface area contributed by atoms with E-state index in [4.69, 9.17) is 0 Å². The van der Waals surface area contributed by atoms with Gasteiger partial charge in [-0.3, -0.25) is 15.8 Å². The largest absolute Gasteiger partial charge is 0.341 e. The highest BCUT2D eigenvalue weighted by atomic mass is 15.5. The average Bonchev–Trinajstić information content (AvgIpc) is 2.85. The van der Waals surface area contributed by atoms with E-state index in [1.807, 2.05) is 29.2 Å². The van der Waals surface area contributed by atoms with E-state index >= 15 is 0 Å². The molecule has 4 heteroatoms. The van der Waals surface area contributed by atoms with Crippen molar-refractivity contribution in [3.63, 3.8) is 0 Å². The van der Waals surface area contributed by atoms with Crippen LogP contribution in [0.15, 0.2) is 105 Å². The summed E-state index contributed by atoms with van der Waals surface area (Å²) in [7, 11) is 0. The Morgan fingerprint density at radius 3 is 2.22 bits per heavy atom. The molecule has 0 unspecified atom stereocenters. The predicted molar refractivity (Wildman–Crippen MR) is 157 cm³/mol. The fourth-order valence-electron chi connectivity index (χ4n) is 4.03. The van der Waals surface area contributed by atoms with E-state index in [0.717, 1.165) is 52.2 Å². The molecule has 0 radical (unpaired) electrons. The van der Waals surface area contributed by atoms with Crippen molar-refractivity contribution in [3.8, 4) is 0 Å². The Morgan fingerprint density at radius 1 is 0.778 bits per heavy atom. The summed E-state index contributed by atoms with van der Waals surface area (Å²) in [5.41, 5.74) is 16.0. The fraction of sp³-hybridized carbons (Fsp3) is 0.188. The van der Waals surface area contributed by atoms with Crippen molar-refractivity contribution in [1.82, 2.24) is 10.9 Å². The minimum Gasteiger partial charge on any atom is -0.341 e. The molecule has 0 saturated heterocycles. The van der Waals surface area contributed by atoms with E-state index < -0.39 is 0 Å². The lowest BCUT2D eigenvalue weighted by Gasteiger charge is -2.31. The van der Waals surface area contributed by atoms with Gasteiger partial charge in [-0.1, -0.05) is 82.1 Å². The first-order valence-corrected chi connectivity index (χ1v) is 12.3. The van der Waals surface area contributed by atoms with Crippen molar-refractivity contribution in [2.24, 2.45) is 0 Å². The molecule has 0 aliphatic heterocycles. The lowest BCUT2D eigenvalue weighted by molar-refractivity contribution is 0.685. The third-order valence-corrected chi connectivity index (χ3v) is 6.22. The van der Waals surface area contributed by atoms with Crippen LogP contribution in [0.4, 0.5) is 11.4 Å². The lowest BCUT2D eigenvalue weighted by Crippen LogP contribution is -2.39. The van der Waals surface area contributed by atoms with Crippen LogP contribution in [-0.4, -0.2) is 0 Å². The number of anilines is 2. The van der Waals surface area contributed by atoms with Gasteiger partial charge >= 0.3 is 0 Å². The molecule has 3 aromatic rings. The van der Waals surface area contributed by atoms with E-state index in [0.29, 0.717) is 11.6 Å². The van der Waals surface area contributed by atoms with Gasteiger partial charge in [0, 0.05) is 22.6 Å². The summed E-state index contributed by atoms with van der Waals surface area (Å²) in [4.78, 5) is 2.02. The number of nitrogens with zero attached hydrogens (tertiary/aromatic N) is 1. The van der Waals surface area contributed by atoms with Crippen molar-refractivity contribution in [1.29, 1.82) is 0 Å². The van der Waals surface area contributed by atoms with Crippen molar-refractivity contribution in [2.75, 3.05) is 10.2 Å². The molecule has 0 spiro atoms. The summed E-state index contributed by atoms with van der Waals surface area (Å²) in [5, 5.41) is 3.31. The number of hydrogen-bond acceptors (Lipinski definition) is 4. The van der Waals surface area contributed by atoms with Gasteiger partial charge in [0.1, 0.15) is 11.6 Å². The Balaban J connectivity index is 1.76. The maximum absolute atomic E-state index is 4.42. The molecule has 0 fully saturated rings. The summed E-state index contributed by atoms with van der Waals surface area (Å²) < 4.78 is 0. The monoisotopic (exact) mass is 478 g/mol. The Labute approximate surface area is 216 Å². The second kappa shape index (κ2) is 12.0. The standard InChI is InChI=1S/C32H38N4/c1-9-13-23(3)29-15-12-16-30(21-29)33-27(7)34-35-28(8)36(31-19-18-22(2)25(5)20-31)26(6)32-17-11-10-14-24(32)4/h10-12,14-21,33-35H,3,6-9,13H2,1-2,4-5H3. The molecule has 0 bridgehead atoms. The molecule has 0 heterocycles. The number of rotatable bonds is 12. The van der Waals surface area contributed by atoms with Crippen molar-refractivity contribution in [2.45, 2.75) is 40.5 Å². The molecule has 0 saturated carbocycles. The van der Waals surface area contributed by atoms with E-state index in [2.05, 4.69) is 113 Å². The molecule has 3 N–H and O–H groups in total. The zero-order chi connectivity index (χ0) is 26.2. The molecule has 3 rings (SSSR count). The molecular formula is C32H38N4. The predicted octanol–water partition coefficient (Wildman–Crippen LogP) is 8.05. The van der Waals surface area contributed by atoms with Gasteiger partial charge in [-0.05, 0) is 79.3 Å². The smallest absolute Gasteiger partial charge is 0.122 e. The van der Waals surface area contributed by atoms with E-state index in [9.17, 15) is 0 Å². The summed E-state index contributed by atoms with van der Waals surface area (Å²) >= 11 is 0. The molecule has 186 valence electrons. The number of aryl methyl sites for hydroxylation is 3. The van der Waals surface area contributed by atoms with Gasteiger partial charge < -0.3 is 5.32 Å². The van der Waals surface area contributed by atoms with Crippen molar-refractivity contribution < 1.29 is 0 Å². The van der Waals surface area contributed by atoms with Crippen LogP contribution < -0.4 is 21.1 Å². The SMILES string of the molecule is C=C(NNC(=C)N(C(=C)c1ccccc1C)c1ccc(C)c(C)c1)Nc1cccc(C(=C)CCC)c1. The third-order valence-electron chi connectivity index (χ3n) is 6.22. The van der Waals surface area contributed by atoms with Crippen molar-refractivity contribution >= 4 is 22.6 Å². The van der Waals surface area contributed by atoms with E-state index in [1.165, 1.54) is 11.1 Å². The lowest BCUT2D eigenvalue weighted by atomic mass is 10.0. The number of hydrogen-bond donors (Lipinski definition) is 3. The number of nitrogens with one attached hydrogen (secondary N) is 3. The Kier molecular flexibility index (Phi) is 8.80. The summed E-state index contributed by atoms with van der Waals surface area (Å²) in [5.74, 6) is 1.22. The van der Waals surface area contributed by atoms with Gasteiger partial charge in [0.25, 0.3) is 0 Å². The van der Waals surface area contributed by atoms with Gasteiger partial charge in [0.15, 0.2) is 0 Å². The molecule has 0 aliphatic carbocycles. The van der Waals surface area contributed by atoms with Crippen LogP contribution in [-0.2, 0) is 0 Å². The number of hydrazine groups is 1. The van der Waals surface area contributed by atoms with Gasteiger partial charge in [-0.15, -0.1) is 0 Å². The normalized spacial score (nSPS) is 10.3. The Morgan fingerprint density at radius 2 is 1.53 bits per heavy atom. The van der Waals surface area contributed by atoms with Crippen LogP contribution >= 0.6 is 0 Å². The zero-order valence-corrected chi connectivity index (χ0v) is 22.0. The summed E-state index contributed by atoms with van der Waals surface area (Å²) in [6, 6.07) is 22.8. The molecular weight excluding hydrogens is 440 g/mol. The van der Waals surface area contributed by atoms with Crippen LogP contribution in [0.1, 0.15) is 47.6 Å². The summed E-state index contributed by atoms with van der Waals surface area (Å²) in [6.07, 6.45) is 2.05. The molecule has 36 heavy (non-hydrogen) atoms. The third kappa shape index (κ3) is 6.48. The maximum Gasteiger partial charge on any atom is 0.122 e. The van der Waals surface area contributed by atoms with Crippen LogP contribution in [0.3, 0.4) is 0 Å². The topological polar surface area (TPSA) is 39.3 Å². The quantitative estimate of drug-likeness (QED) is 0.230. The van der Waals surface area contributed by atoms with Crippen LogP contribution in [0, 0.1) is 20.8 Å². The Hall–Kier alpha value is -4.18. The number of benzene rings is 3. The highest BCUT2D eigenvalue weighted by Crippen LogP contribution is 2.31. The van der Waals surface area contributed by atoms with Gasteiger partial charge in [-0.2, -0.15) is 0 Å². The molecule has 0 atom stereocenters. The maximum atomic E-state index is 4.42. The van der Waals surface area contributed by atoms with Gasteiger partial charge in [0.2, 0.25) is 0 Å². The summed E-state index contributed by atoms with van der Waals surface area (Å²) in [6.45, 7) is 25.5. The highest BCUT2D eigenvalue weighted by Gasteiger charge is 2.18. The van der Waals surface area contributed by atoms with Gasteiger partial charge in [-0.25, -0.2) is 0 Å². The first kappa shape index (κ1) is 26.4. The average molecular weight is 479 g/mol. The molecule has 0 amide bonds. The van der Waals surface area contributed by atoms with E-state index in [1.54, 1.807) is 0 Å². The zero-order valence-electron chi connectivity index (χ0n) is 22.0. The molecule has 4 nitrogen and oxygen atoms in total. The number of allylic oxidation sites excluding steroid dienone is 1. The minimum atomic E-state index is 0.593. The fourth-order valence-corrected chi connectivity index (χ4v) is 4.03. The second-order valence-corrected chi connectivity index (χ2v) is 9.10. The van der Waals surface area contributed by atoms with Crippen LogP contribution in [0.5, 0.6) is 0 Å². The first-order chi connectivity index (χ1) is 17.2. The highest BCUT2D eigenvalue weighted by molar-refractivity contribution is 5.82. The molecule has 3 aromatic carbocycles. The van der Waals surface area contributed by atoms with E-state index in [-0.39, 0.29) is 0 Å². The van der Waals surface area contributed by atoms with Gasteiger partial charge in [0.05, 0.1) is 0 Å². The first-order valence-electron chi connectivity index (χ1n) is 12.3.